The van der Waals surface area contributed by atoms with E-state index in [0.29, 0.717) is 0 Å². The summed E-state index contributed by atoms with van der Waals surface area (Å²) in [6.07, 6.45) is 5.43. The first kappa shape index (κ1) is 11.5. The van der Waals surface area contributed by atoms with Crippen molar-refractivity contribution >= 4 is 12.6 Å². The molecule has 2 aromatic rings. The van der Waals surface area contributed by atoms with Gasteiger partial charge in [-0.15, -0.1) is 12.6 Å². The van der Waals surface area contributed by atoms with Crippen molar-refractivity contribution in [2.45, 2.75) is 11.8 Å². The van der Waals surface area contributed by atoms with Crippen LogP contribution in [0.3, 0.4) is 0 Å². The van der Waals surface area contributed by atoms with Gasteiger partial charge < -0.3 is 4.57 Å². The van der Waals surface area contributed by atoms with E-state index in [2.05, 4.69) is 30.6 Å². The second-order valence-electron chi connectivity index (χ2n) is 2.96. The summed E-state index contributed by atoms with van der Waals surface area (Å²) in [5.41, 5.74) is 2.28. The minimum absolute atomic E-state index is 0. The molecule has 0 radical (unpaired) electrons. The number of imidazole rings is 1. The van der Waals surface area contributed by atoms with Crippen LogP contribution in [0.5, 0.6) is 0 Å². The zero-order valence-corrected chi connectivity index (χ0v) is 11.9. The normalized spacial score (nSPS) is 9.57. The molecule has 2 rings (SSSR count). The van der Waals surface area contributed by atoms with E-state index < -0.39 is 0 Å². The van der Waals surface area contributed by atoms with Crippen LogP contribution in [0.15, 0.2) is 41.8 Å². The van der Waals surface area contributed by atoms with Gasteiger partial charge in [0.05, 0.1) is 12.0 Å². The average molecular weight is 256 g/mol. The van der Waals surface area contributed by atoms with Gasteiger partial charge in [0, 0.05) is 36.8 Å². The van der Waals surface area contributed by atoms with E-state index in [1.165, 1.54) is 5.56 Å². The van der Waals surface area contributed by atoms with Gasteiger partial charge in [-0.05, 0) is 24.6 Å². The molecule has 68 valence electrons. The molecule has 0 aliphatic carbocycles. The monoisotopic (exact) mass is 254 g/mol. The summed E-state index contributed by atoms with van der Waals surface area (Å²) < 4.78 is 1.95. The predicted octanol–water partition coefficient (Wildman–Crippen LogP) is 2.47. The van der Waals surface area contributed by atoms with Crippen LogP contribution >= 0.6 is 12.6 Å². The van der Waals surface area contributed by atoms with Crippen molar-refractivity contribution in [2.75, 3.05) is 0 Å². The number of thiol groups is 1. The minimum atomic E-state index is 0. The summed E-state index contributed by atoms with van der Waals surface area (Å²) >= 11 is 4.41. The number of hydrogen-bond acceptors (Lipinski definition) is 2. The molecule has 0 unspecified atom stereocenters. The molecule has 14 heavy (non-hydrogen) atoms. The second kappa shape index (κ2) is 4.76. The van der Waals surface area contributed by atoms with Crippen LogP contribution in [-0.2, 0) is 19.5 Å². The third-order valence-electron chi connectivity index (χ3n) is 1.91. The SMILES string of the molecule is Cc1ccc(-n2ccnc2)c(S)c1.[Zn]. The minimum Gasteiger partial charge on any atom is -0.305 e. The predicted molar refractivity (Wildman–Crippen MR) is 55.6 cm³/mol. The summed E-state index contributed by atoms with van der Waals surface area (Å²) in [5, 5.41) is 0. The van der Waals surface area contributed by atoms with E-state index >= 15 is 0 Å². The van der Waals surface area contributed by atoms with Crippen molar-refractivity contribution < 1.29 is 19.5 Å². The fourth-order valence-corrected chi connectivity index (χ4v) is 1.65. The molecular weight excluding hydrogens is 246 g/mol. The summed E-state index contributed by atoms with van der Waals surface area (Å²) in [6.45, 7) is 2.05. The van der Waals surface area contributed by atoms with Gasteiger partial charge in [-0.3, -0.25) is 0 Å². The maximum absolute atomic E-state index is 4.41. The number of hydrogen-bond donors (Lipinski definition) is 1. The molecule has 0 aliphatic rings. The van der Waals surface area contributed by atoms with Crippen molar-refractivity contribution in [3.63, 3.8) is 0 Å². The Morgan fingerprint density at radius 1 is 1.36 bits per heavy atom. The van der Waals surface area contributed by atoms with E-state index in [-0.39, 0.29) is 19.5 Å². The molecule has 2 nitrogen and oxygen atoms in total. The van der Waals surface area contributed by atoms with Gasteiger partial charge in [0.15, 0.2) is 0 Å². The summed E-state index contributed by atoms with van der Waals surface area (Å²) in [7, 11) is 0. The Morgan fingerprint density at radius 2 is 2.14 bits per heavy atom. The van der Waals surface area contributed by atoms with Crippen molar-refractivity contribution in [1.29, 1.82) is 0 Å². The summed E-state index contributed by atoms with van der Waals surface area (Å²) in [6, 6.07) is 6.15. The Labute approximate surface area is 102 Å². The Balaban J connectivity index is 0.000000980. The molecule has 0 atom stereocenters. The Morgan fingerprint density at radius 3 is 2.71 bits per heavy atom. The zero-order chi connectivity index (χ0) is 9.26. The molecule has 0 fully saturated rings. The molecule has 0 bridgehead atoms. The number of rotatable bonds is 1. The van der Waals surface area contributed by atoms with Crippen LogP contribution in [0, 0.1) is 6.92 Å². The maximum atomic E-state index is 4.41. The molecule has 0 spiro atoms. The Hall–Kier alpha value is -0.597. The van der Waals surface area contributed by atoms with Gasteiger partial charge >= 0.3 is 0 Å². The summed E-state index contributed by atoms with van der Waals surface area (Å²) in [4.78, 5) is 4.96. The number of aryl methyl sites for hydroxylation is 1. The molecular formula is C10H10N2SZn. The number of benzene rings is 1. The van der Waals surface area contributed by atoms with Gasteiger partial charge in [0.25, 0.3) is 0 Å². The van der Waals surface area contributed by atoms with Gasteiger partial charge in [-0.1, -0.05) is 6.07 Å². The van der Waals surface area contributed by atoms with Gasteiger partial charge in [-0.2, -0.15) is 0 Å². The van der Waals surface area contributed by atoms with Gasteiger partial charge in [0.2, 0.25) is 0 Å². The largest absolute Gasteiger partial charge is 0.305 e. The van der Waals surface area contributed by atoms with Crippen LogP contribution < -0.4 is 0 Å². The molecule has 0 amide bonds. The average Bonchev–Trinajstić information content (AvgIpc) is 2.56. The van der Waals surface area contributed by atoms with E-state index in [1.807, 2.05) is 22.9 Å². The van der Waals surface area contributed by atoms with Gasteiger partial charge in [-0.25, -0.2) is 4.98 Å². The molecule has 0 aliphatic heterocycles. The molecule has 4 heteroatoms. The van der Waals surface area contributed by atoms with Crippen molar-refractivity contribution in [1.82, 2.24) is 9.55 Å². The third kappa shape index (κ3) is 2.25. The quantitative estimate of drug-likeness (QED) is 0.612. The van der Waals surface area contributed by atoms with Crippen LogP contribution in [0.2, 0.25) is 0 Å². The Kier molecular flexibility index (Phi) is 3.90. The summed E-state index contributed by atoms with van der Waals surface area (Å²) in [5.74, 6) is 0. The number of aromatic nitrogens is 2. The maximum Gasteiger partial charge on any atom is 0.0992 e. The first-order valence-electron chi connectivity index (χ1n) is 4.05. The van der Waals surface area contributed by atoms with E-state index in [0.717, 1.165) is 10.6 Å². The molecule has 0 saturated carbocycles. The smallest absolute Gasteiger partial charge is 0.0992 e. The van der Waals surface area contributed by atoms with Crippen molar-refractivity contribution in [2.24, 2.45) is 0 Å². The second-order valence-corrected chi connectivity index (χ2v) is 3.44. The fraction of sp³-hybridized carbons (Fsp3) is 0.100. The third-order valence-corrected chi connectivity index (χ3v) is 2.27. The van der Waals surface area contributed by atoms with Crippen LogP contribution in [0.4, 0.5) is 0 Å². The first-order chi connectivity index (χ1) is 6.27. The molecule has 1 aromatic carbocycles. The van der Waals surface area contributed by atoms with Crippen molar-refractivity contribution in [3.8, 4) is 5.69 Å². The fourth-order valence-electron chi connectivity index (χ4n) is 1.25. The molecule has 0 saturated heterocycles. The van der Waals surface area contributed by atoms with E-state index in [1.54, 1.807) is 12.5 Å². The Bertz CT molecular complexity index is 412. The topological polar surface area (TPSA) is 17.8 Å². The van der Waals surface area contributed by atoms with Crippen LogP contribution in [0.25, 0.3) is 5.69 Å². The van der Waals surface area contributed by atoms with Crippen LogP contribution in [0.1, 0.15) is 5.56 Å². The van der Waals surface area contributed by atoms with E-state index in [4.69, 9.17) is 0 Å². The first-order valence-corrected chi connectivity index (χ1v) is 4.50. The van der Waals surface area contributed by atoms with Crippen LogP contribution in [-0.4, -0.2) is 9.55 Å². The zero-order valence-electron chi connectivity index (χ0n) is 8.01. The van der Waals surface area contributed by atoms with E-state index in [9.17, 15) is 0 Å². The number of nitrogens with zero attached hydrogens (tertiary/aromatic N) is 2. The molecule has 1 heterocycles. The molecule has 1 aromatic heterocycles. The standard InChI is InChI=1S/C10H10N2S.Zn/c1-8-2-3-9(10(13)6-8)12-5-4-11-7-12;/h2-7,13H,1H3;. The van der Waals surface area contributed by atoms with Gasteiger partial charge in [0.1, 0.15) is 0 Å². The van der Waals surface area contributed by atoms with Crippen molar-refractivity contribution in [3.05, 3.63) is 42.5 Å². The molecule has 0 N–H and O–H groups in total.